The standard InChI is InChI=1S/C18H22N2O5/c1-4-9-19-18(24)20-16(22)11-25-17(23)8-7-15(21)14-10-12(2)5-6-13(14)3/h4-6,10H,1,7-9,11H2,2-3H3,(H2,19,20,22,24). The number of Topliss-reactive ketones (excluding diaryl/α,β-unsaturated/α-hetero) is 1. The number of benzene rings is 1. The van der Waals surface area contributed by atoms with Crippen molar-refractivity contribution in [3.63, 3.8) is 0 Å². The Balaban J connectivity index is 2.36. The summed E-state index contributed by atoms with van der Waals surface area (Å²) in [4.78, 5) is 46.4. The van der Waals surface area contributed by atoms with Gasteiger partial charge in [-0.1, -0.05) is 23.8 Å². The zero-order valence-electron chi connectivity index (χ0n) is 14.4. The summed E-state index contributed by atoms with van der Waals surface area (Å²) in [5.41, 5.74) is 2.38. The van der Waals surface area contributed by atoms with E-state index in [4.69, 9.17) is 4.74 Å². The third-order valence-electron chi connectivity index (χ3n) is 3.27. The highest BCUT2D eigenvalue weighted by atomic mass is 16.5. The number of ether oxygens (including phenoxy) is 1. The van der Waals surface area contributed by atoms with Gasteiger partial charge in [-0.2, -0.15) is 0 Å². The van der Waals surface area contributed by atoms with Crippen LogP contribution in [0.25, 0.3) is 0 Å². The van der Waals surface area contributed by atoms with Gasteiger partial charge < -0.3 is 10.1 Å². The molecule has 1 aromatic rings. The van der Waals surface area contributed by atoms with Gasteiger partial charge in [0.1, 0.15) is 0 Å². The maximum Gasteiger partial charge on any atom is 0.321 e. The molecular weight excluding hydrogens is 324 g/mol. The topological polar surface area (TPSA) is 102 Å². The average Bonchev–Trinajstić information content (AvgIpc) is 2.58. The third-order valence-corrected chi connectivity index (χ3v) is 3.27. The minimum atomic E-state index is -0.754. The van der Waals surface area contributed by atoms with Crippen molar-refractivity contribution in [3.05, 3.63) is 47.5 Å². The molecule has 0 aliphatic carbocycles. The molecule has 0 radical (unpaired) electrons. The van der Waals surface area contributed by atoms with E-state index in [0.29, 0.717) is 5.56 Å². The van der Waals surface area contributed by atoms with Crippen LogP contribution < -0.4 is 10.6 Å². The van der Waals surface area contributed by atoms with Crippen molar-refractivity contribution in [1.29, 1.82) is 0 Å². The Morgan fingerprint density at radius 3 is 2.56 bits per heavy atom. The molecule has 7 nitrogen and oxygen atoms in total. The Kier molecular flexibility index (Phi) is 8.05. The summed E-state index contributed by atoms with van der Waals surface area (Å²) in [6, 6.07) is 4.83. The number of ketones is 1. The smallest absolute Gasteiger partial charge is 0.321 e. The second kappa shape index (κ2) is 10.0. The van der Waals surface area contributed by atoms with Gasteiger partial charge in [0.05, 0.1) is 6.42 Å². The van der Waals surface area contributed by atoms with Crippen LogP contribution in [0.1, 0.15) is 34.3 Å². The van der Waals surface area contributed by atoms with Gasteiger partial charge in [-0.05, 0) is 25.5 Å². The third kappa shape index (κ3) is 7.43. The Labute approximate surface area is 146 Å². The van der Waals surface area contributed by atoms with Crippen LogP contribution in [-0.4, -0.2) is 36.8 Å². The lowest BCUT2D eigenvalue weighted by Gasteiger charge is -2.07. The number of carbonyl (C=O) groups is 4. The number of rotatable bonds is 8. The summed E-state index contributed by atoms with van der Waals surface area (Å²) in [6.45, 7) is 6.75. The predicted molar refractivity (Wildman–Crippen MR) is 92.2 cm³/mol. The van der Waals surface area contributed by atoms with Crippen molar-refractivity contribution in [2.45, 2.75) is 26.7 Å². The second-order valence-corrected chi connectivity index (χ2v) is 5.45. The number of hydrogen-bond acceptors (Lipinski definition) is 5. The van der Waals surface area contributed by atoms with Gasteiger partial charge in [0, 0.05) is 18.5 Å². The number of urea groups is 1. The number of aryl methyl sites for hydroxylation is 2. The van der Waals surface area contributed by atoms with Crippen LogP contribution in [0.4, 0.5) is 4.79 Å². The van der Waals surface area contributed by atoms with E-state index < -0.39 is 24.5 Å². The molecule has 25 heavy (non-hydrogen) atoms. The van der Waals surface area contributed by atoms with E-state index in [1.54, 1.807) is 6.07 Å². The fraction of sp³-hybridized carbons (Fsp3) is 0.333. The second-order valence-electron chi connectivity index (χ2n) is 5.45. The van der Waals surface area contributed by atoms with E-state index in [2.05, 4.69) is 11.9 Å². The molecule has 3 amide bonds. The summed E-state index contributed by atoms with van der Waals surface area (Å²) >= 11 is 0. The first-order valence-electron chi connectivity index (χ1n) is 7.78. The van der Waals surface area contributed by atoms with Gasteiger partial charge in [-0.3, -0.25) is 19.7 Å². The summed E-state index contributed by atoms with van der Waals surface area (Å²) in [7, 11) is 0. The van der Waals surface area contributed by atoms with Crippen LogP contribution in [0.2, 0.25) is 0 Å². The molecule has 0 saturated carbocycles. The van der Waals surface area contributed by atoms with Crippen molar-refractivity contribution < 1.29 is 23.9 Å². The minimum Gasteiger partial charge on any atom is -0.456 e. The fourth-order valence-corrected chi connectivity index (χ4v) is 1.98. The van der Waals surface area contributed by atoms with Crippen molar-refractivity contribution >= 4 is 23.7 Å². The van der Waals surface area contributed by atoms with Crippen LogP contribution in [0, 0.1) is 13.8 Å². The predicted octanol–water partition coefficient (Wildman–Crippen LogP) is 1.82. The highest BCUT2D eigenvalue weighted by Crippen LogP contribution is 2.14. The number of esters is 1. The van der Waals surface area contributed by atoms with Crippen molar-refractivity contribution in [1.82, 2.24) is 10.6 Å². The van der Waals surface area contributed by atoms with Gasteiger partial charge >= 0.3 is 12.0 Å². The molecule has 0 aromatic heterocycles. The van der Waals surface area contributed by atoms with Crippen LogP contribution in [0.3, 0.4) is 0 Å². The molecule has 7 heteroatoms. The molecule has 0 aliphatic rings. The first kappa shape index (κ1) is 20.1. The summed E-state index contributed by atoms with van der Waals surface area (Å²) in [5.74, 6) is -1.59. The Morgan fingerprint density at radius 1 is 1.16 bits per heavy atom. The van der Waals surface area contributed by atoms with Crippen LogP contribution in [0.5, 0.6) is 0 Å². The van der Waals surface area contributed by atoms with Crippen molar-refractivity contribution in [2.24, 2.45) is 0 Å². The molecule has 1 aromatic carbocycles. The maximum atomic E-state index is 12.2. The molecule has 0 aliphatic heterocycles. The van der Waals surface area contributed by atoms with Crippen LogP contribution in [0.15, 0.2) is 30.9 Å². The Hall–Kier alpha value is -2.96. The van der Waals surface area contributed by atoms with Gasteiger partial charge in [0.15, 0.2) is 12.4 Å². The van der Waals surface area contributed by atoms with Crippen LogP contribution in [-0.2, 0) is 14.3 Å². The number of carbonyl (C=O) groups excluding carboxylic acids is 4. The van der Waals surface area contributed by atoms with E-state index in [1.165, 1.54) is 6.08 Å². The monoisotopic (exact) mass is 346 g/mol. The Morgan fingerprint density at radius 2 is 1.88 bits per heavy atom. The number of hydrogen-bond donors (Lipinski definition) is 2. The molecule has 0 heterocycles. The largest absolute Gasteiger partial charge is 0.456 e. The van der Waals surface area contributed by atoms with Crippen LogP contribution >= 0.6 is 0 Å². The molecule has 134 valence electrons. The van der Waals surface area contributed by atoms with Gasteiger partial charge in [0.25, 0.3) is 5.91 Å². The zero-order valence-corrected chi connectivity index (χ0v) is 14.4. The first-order chi connectivity index (χ1) is 11.8. The first-order valence-corrected chi connectivity index (χ1v) is 7.78. The molecule has 1 rings (SSSR count). The van der Waals surface area contributed by atoms with E-state index in [-0.39, 0.29) is 25.2 Å². The van der Waals surface area contributed by atoms with Crippen molar-refractivity contribution in [2.75, 3.05) is 13.2 Å². The van der Waals surface area contributed by atoms with E-state index in [1.807, 2.05) is 31.3 Å². The normalized spacial score (nSPS) is 9.84. The number of amides is 3. The lowest BCUT2D eigenvalue weighted by atomic mass is 9.99. The molecule has 0 atom stereocenters. The maximum absolute atomic E-state index is 12.2. The summed E-state index contributed by atoms with van der Waals surface area (Å²) in [5, 5.41) is 4.34. The molecule has 0 fully saturated rings. The lowest BCUT2D eigenvalue weighted by Crippen LogP contribution is -2.41. The van der Waals surface area contributed by atoms with Gasteiger partial charge in [-0.25, -0.2) is 4.79 Å². The van der Waals surface area contributed by atoms with E-state index in [9.17, 15) is 19.2 Å². The van der Waals surface area contributed by atoms with E-state index in [0.717, 1.165) is 11.1 Å². The molecule has 0 spiro atoms. The number of imide groups is 1. The summed E-state index contributed by atoms with van der Waals surface area (Å²) in [6.07, 6.45) is 1.31. The van der Waals surface area contributed by atoms with Gasteiger partial charge in [-0.15, -0.1) is 6.58 Å². The SMILES string of the molecule is C=CCNC(=O)NC(=O)COC(=O)CCC(=O)c1cc(C)ccc1C. The quantitative estimate of drug-likeness (QED) is 0.425. The van der Waals surface area contributed by atoms with E-state index >= 15 is 0 Å². The molecule has 0 bridgehead atoms. The molecule has 0 saturated heterocycles. The van der Waals surface area contributed by atoms with Crippen molar-refractivity contribution in [3.8, 4) is 0 Å². The Bertz CT molecular complexity index is 682. The van der Waals surface area contributed by atoms with Gasteiger partial charge in [0.2, 0.25) is 0 Å². The molecule has 2 N–H and O–H groups in total. The summed E-state index contributed by atoms with van der Waals surface area (Å²) < 4.78 is 4.75. The average molecular weight is 346 g/mol. The highest BCUT2D eigenvalue weighted by Gasteiger charge is 2.14. The number of nitrogens with one attached hydrogen (secondary N) is 2. The molecular formula is C18H22N2O5. The lowest BCUT2D eigenvalue weighted by molar-refractivity contribution is -0.148. The molecule has 0 unspecified atom stereocenters. The minimum absolute atomic E-state index is 0.00936. The zero-order chi connectivity index (χ0) is 18.8. The highest BCUT2D eigenvalue weighted by molar-refractivity contribution is 5.99. The fourth-order valence-electron chi connectivity index (χ4n) is 1.98.